The quantitative estimate of drug-likeness (QED) is 0.906. The van der Waals surface area contributed by atoms with E-state index in [4.69, 9.17) is 11.6 Å². The van der Waals surface area contributed by atoms with Crippen LogP contribution in [0.2, 0.25) is 5.02 Å². The Hall–Kier alpha value is -1.92. The lowest BCUT2D eigenvalue weighted by Crippen LogP contribution is -2.43. The number of rotatable bonds is 3. The molecule has 0 bridgehead atoms. The van der Waals surface area contributed by atoms with E-state index in [0.29, 0.717) is 28.8 Å². The molecule has 1 aromatic heterocycles. The molecule has 2 heterocycles. The maximum atomic E-state index is 12.6. The number of aromatic nitrogens is 1. The fourth-order valence-electron chi connectivity index (χ4n) is 2.77. The van der Waals surface area contributed by atoms with Gasteiger partial charge in [-0.15, -0.1) is 11.3 Å². The summed E-state index contributed by atoms with van der Waals surface area (Å²) >= 11 is 7.27. The molecule has 5 nitrogen and oxygen atoms in total. The summed E-state index contributed by atoms with van der Waals surface area (Å²) in [7, 11) is 0. The van der Waals surface area contributed by atoms with E-state index < -0.39 is 0 Å². The van der Waals surface area contributed by atoms with Crippen LogP contribution in [0.15, 0.2) is 29.6 Å². The first-order chi connectivity index (χ1) is 11.5. The lowest BCUT2D eigenvalue weighted by Gasteiger charge is -2.32. The van der Waals surface area contributed by atoms with E-state index in [2.05, 4.69) is 10.3 Å². The van der Waals surface area contributed by atoms with Crippen molar-refractivity contribution in [2.75, 3.05) is 18.4 Å². The predicted octanol–water partition coefficient (Wildman–Crippen LogP) is 3.60. The predicted molar refractivity (Wildman–Crippen MR) is 95.6 cm³/mol. The third-order valence-electron chi connectivity index (χ3n) is 4.02. The molecule has 0 saturated carbocycles. The highest BCUT2D eigenvalue weighted by molar-refractivity contribution is 7.13. The van der Waals surface area contributed by atoms with Crippen LogP contribution in [0.1, 0.15) is 28.9 Å². The molecule has 0 radical (unpaired) electrons. The Bertz CT molecular complexity index is 745. The van der Waals surface area contributed by atoms with E-state index in [1.807, 2.05) is 12.3 Å². The van der Waals surface area contributed by atoms with Crippen molar-refractivity contribution >= 4 is 39.9 Å². The Labute approximate surface area is 149 Å². The second-order valence-electron chi connectivity index (χ2n) is 5.88. The Morgan fingerprint density at radius 2 is 2.08 bits per heavy atom. The summed E-state index contributed by atoms with van der Waals surface area (Å²) in [6.07, 6.45) is 1.59. The monoisotopic (exact) mass is 363 g/mol. The number of hydrogen-bond donors (Lipinski definition) is 1. The van der Waals surface area contributed by atoms with Crippen molar-refractivity contribution in [2.24, 2.45) is 5.92 Å². The van der Waals surface area contributed by atoms with Gasteiger partial charge in [-0.25, -0.2) is 4.98 Å². The molecule has 1 saturated heterocycles. The van der Waals surface area contributed by atoms with Gasteiger partial charge in [0.05, 0.1) is 11.6 Å². The minimum absolute atomic E-state index is 0.0609. The van der Waals surface area contributed by atoms with Crippen LogP contribution >= 0.6 is 22.9 Å². The van der Waals surface area contributed by atoms with Crippen molar-refractivity contribution in [3.63, 3.8) is 0 Å². The van der Waals surface area contributed by atoms with Gasteiger partial charge in [0.25, 0.3) is 5.91 Å². The molecule has 2 amide bonds. The number of benzene rings is 1. The summed E-state index contributed by atoms with van der Waals surface area (Å²) in [6.45, 7) is 2.98. The second-order valence-corrected chi connectivity index (χ2v) is 7.18. The fraction of sp³-hybridized carbons (Fsp3) is 0.353. The van der Waals surface area contributed by atoms with Gasteiger partial charge in [0.2, 0.25) is 5.91 Å². The highest BCUT2D eigenvalue weighted by Crippen LogP contribution is 2.22. The standard InChI is InChI=1S/C17H18ClN3O2S/c1-11-10-24-17(19-11)20-15(22)13-3-2-8-21(9-13)16(23)12-4-6-14(18)7-5-12/h4-7,10,13H,2-3,8-9H2,1H3,(H,19,20,22). The molecular weight excluding hydrogens is 346 g/mol. The van der Waals surface area contributed by atoms with Crippen LogP contribution in [0.3, 0.4) is 0 Å². The van der Waals surface area contributed by atoms with Crippen molar-refractivity contribution in [3.8, 4) is 0 Å². The summed E-state index contributed by atoms with van der Waals surface area (Å²) < 4.78 is 0. The van der Waals surface area contributed by atoms with Crippen molar-refractivity contribution in [2.45, 2.75) is 19.8 Å². The molecule has 1 fully saturated rings. The molecule has 1 unspecified atom stereocenters. The lowest BCUT2D eigenvalue weighted by atomic mass is 9.96. The van der Waals surface area contributed by atoms with E-state index in [0.717, 1.165) is 18.5 Å². The van der Waals surface area contributed by atoms with Gasteiger partial charge in [-0.1, -0.05) is 11.6 Å². The number of nitrogens with one attached hydrogen (secondary N) is 1. The van der Waals surface area contributed by atoms with Crippen molar-refractivity contribution in [1.82, 2.24) is 9.88 Å². The van der Waals surface area contributed by atoms with Gasteiger partial charge < -0.3 is 10.2 Å². The molecule has 7 heteroatoms. The first-order valence-electron chi connectivity index (χ1n) is 7.81. The van der Waals surface area contributed by atoms with Gasteiger partial charge >= 0.3 is 0 Å². The van der Waals surface area contributed by atoms with Gasteiger partial charge in [-0.05, 0) is 44.0 Å². The zero-order valence-corrected chi connectivity index (χ0v) is 14.9. The molecule has 1 aliphatic rings. The zero-order valence-electron chi connectivity index (χ0n) is 13.3. The summed E-state index contributed by atoms with van der Waals surface area (Å²) in [5.74, 6) is -0.341. The van der Waals surface area contributed by atoms with Gasteiger partial charge in [0.15, 0.2) is 5.13 Å². The summed E-state index contributed by atoms with van der Waals surface area (Å²) in [5.41, 5.74) is 1.48. The number of carbonyl (C=O) groups is 2. The molecule has 0 spiro atoms. The number of carbonyl (C=O) groups excluding carboxylic acids is 2. The van der Waals surface area contributed by atoms with E-state index in [1.165, 1.54) is 11.3 Å². The van der Waals surface area contributed by atoms with Crippen LogP contribution in [0.25, 0.3) is 0 Å². The lowest BCUT2D eigenvalue weighted by molar-refractivity contribution is -0.121. The van der Waals surface area contributed by atoms with E-state index in [1.54, 1.807) is 29.2 Å². The average Bonchev–Trinajstić information content (AvgIpc) is 3.00. The van der Waals surface area contributed by atoms with E-state index >= 15 is 0 Å². The topological polar surface area (TPSA) is 62.3 Å². The van der Waals surface area contributed by atoms with Crippen LogP contribution in [0, 0.1) is 12.8 Å². The molecule has 1 atom stereocenters. The minimum Gasteiger partial charge on any atom is -0.338 e. The number of anilines is 1. The van der Waals surface area contributed by atoms with Crippen LogP contribution in [0.5, 0.6) is 0 Å². The first-order valence-corrected chi connectivity index (χ1v) is 9.06. The Morgan fingerprint density at radius 3 is 2.75 bits per heavy atom. The number of nitrogens with zero attached hydrogens (tertiary/aromatic N) is 2. The Kier molecular flexibility index (Phi) is 5.16. The van der Waals surface area contributed by atoms with Gasteiger partial charge in [-0.2, -0.15) is 0 Å². The number of piperidine rings is 1. The minimum atomic E-state index is -0.209. The highest BCUT2D eigenvalue weighted by atomic mass is 35.5. The SMILES string of the molecule is Cc1csc(NC(=O)C2CCCN(C(=O)c3ccc(Cl)cc3)C2)n1. The largest absolute Gasteiger partial charge is 0.338 e. The number of likely N-dealkylation sites (tertiary alicyclic amines) is 1. The molecule has 1 N–H and O–H groups in total. The van der Waals surface area contributed by atoms with Gasteiger partial charge in [0, 0.05) is 29.1 Å². The first kappa shape index (κ1) is 16.9. The normalized spacial score (nSPS) is 17.6. The molecule has 0 aliphatic carbocycles. The second kappa shape index (κ2) is 7.32. The summed E-state index contributed by atoms with van der Waals surface area (Å²) in [6, 6.07) is 6.83. The van der Waals surface area contributed by atoms with Crippen molar-refractivity contribution < 1.29 is 9.59 Å². The average molecular weight is 364 g/mol. The Balaban J connectivity index is 1.64. The van der Waals surface area contributed by atoms with Crippen molar-refractivity contribution in [1.29, 1.82) is 0 Å². The maximum absolute atomic E-state index is 12.6. The summed E-state index contributed by atoms with van der Waals surface area (Å²) in [5, 5.41) is 5.96. The molecule has 3 rings (SSSR count). The van der Waals surface area contributed by atoms with Crippen LogP contribution in [-0.4, -0.2) is 34.8 Å². The van der Waals surface area contributed by atoms with E-state index in [9.17, 15) is 9.59 Å². The molecule has 1 aromatic carbocycles. The third-order valence-corrected chi connectivity index (χ3v) is 5.15. The fourth-order valence-corrected chi connectivity index (χ4v) is 3.59. The smallest absolute Gasteiger partial charge is 0.253 e. The number of thiazole rings is 1. The highest BCUT2D eigenvalue weighted by Gasteiger charge is 2.29. The number of amides is 2. The Morgan fingerprint density at radius 1 is 1.33 bits per heavy atom. The molecule has 2 aromatic rings. The summed E-state index contributed by atoms with van der Waals surface area (Å²) in [4.78, 5) is 31.0. The van der Waals surface area contributed by atoms with Crippen molar-refractivity contribution in [3.05, 3.63) is 45.9 Å². The molecular formula is C17H18ClN3O2S. The number of halogens is 1. The number of hydrogen-bond acceptors (Lipinski definition) is 4. The van der Waals surface area contributed by atoms with Gasteiger partial charge in [-0.3, -0.25) is 9.59 Å². The number of aryl methyl sites for hydroxylation is 1. The zero-order chi connectivity index (χ0) is 17.1. The molecule has 1 aliphatic heterocycles. The third kappa shape index (κ3) is 3.94. The van der Waals surface area contributed by atoms with Crippen LogP contribution < -0.4 is 5.32 Å². The van der Waals surface area contributed by atoms with Gasteiger partial charge in [0.1, 0.15) is 0 Å². The maximum Gasteiger partial charge on any atom is 0.253 e. The molecule has 24 heavy (non-hydrogen) atoms. The van der Waals surface area contributed by atoms with Crippen LogP contribution in [-0.2, 0) is 4.79 Å². The van der Waals surface area contributed by atoms with Crippen LogP contribution in [0.4, 0.5) is 5.13 Å². The molecule has 126 valence electrons. The van der Waals surface area contributed by atoms with E-state index in [-0.39, 0.29) is 17.7 Å².